The lowest BCUT2D eigenvalue weighted by molar-refractivity contribution is -0.298. The molecule has 13 heteroatoms. The van der Waals surface area contributed by atoms with Crippen LogP contribution in [-0.4, -0.2) is 154 Å². The van der Waals surface area contributed by atoms with E-state index >= 15 is 0 Å². The van der Waals surface area contributed by atoms with E-state index in [1.807, 2.05) is 68.1 Å². The molecule has 0 aliphatic carbocycles. The van der Waals surface area contributed by atoms with Crippen LogP contribution >= 0.6 is 0 Å². The van der Waals surface area contributed by atoms with Crippen LogP contribution in [0.25, 0.3) is 0 Å². The number of nitrogens with zero attached hydrogens (tertiary/aromatic N) is 4. The molecule has 1 aromatic carbocycles. The van der Waals surface area contributed by atoms with Gasteiger partial charge in [0.2, 0.25) is 15.9 Å². The number of likely N-dealkylation sites (N-methyl/N-ethyl adjacent to an activating group) is 1. The van der Waals surface area contributed by atoms with Gasteiger partial charge in [-0.05, 0) is 89.9 Å². The van der Waals surface area contributed by atoms with Crippen molar-refractivity contribution in [3.8, 4) is 0 Å². The Kier molecular flexibility index (Phi) is 16.0. The van der Waals surface area contributed by atoms with E-state index in [1.165, 1.54) is 4.31 Å². The highest BCUT2D eigenvalue weighted by Gasteiger charge is 2.48. The number of methoxy groups -OCH3 is 1. The Balaban J connectivity index is 1.58. The summed E-state index contributed by atoms with van der Waals surface area (Å²) in [7, 11) is 2.18. The summed E-state index contributed by atoms with van der Waals surface area (Å²) in [5, 5.41) is 11.5. The van der Waals surface area contributed by atoms with Crippen LogP contribution in [0, 0.1) is 17.3 Å². The molecule has 1 N–H and O–H groups in total. The standard InChI is InChI=1S/C41H72N4O8S/c1-12-18-44-26-29(2)24-41(8,50-11)37(53-39-36(46)34(42(9)10)23-31(4)52-39)30(3)25-40(6,7)28-51-32(5)35(44)38(47)43-19-21-45(22-20-43)54(48,49)27-33-16-14-13-15-17-33/h13-17,29-32,34-37,39,46H,12,18-28H2,1-11H3/t29-,30-,31-,32+,34+,35-,36-,37-,39+,41-/m1/s1. The molecule has 0 radical (unpaired) electrons. The molecular weight excluding hydrogens is 709 g/mol. The molecule has 0 bridgehead atoms. The van der Waals surface area contributed by atoms with Crippen molar-refractivity contribution in [1.29, 1.82) is 0 Å². The summed E-state index contributed by atoms with van der Waals surface area (Å²) in [4.78, 5) is 20.8. The summed E-state index contributed by atoms with van der Waals surface area (Å²) in [6.45, 7) is 20.0. The fourth-order valence-corrected chi connectivity index (χ4v) is 10.7. The molecule has 3 aliphatic heterocycles. The highest BCUT2D eigenvalue weighted by Crippen LogP contribution is 2.40. The van der Waals surface area contributed by atoms with Crippen molar-refractivity contribution in [2.75, 3.05) is 67.1 Å². The van der Waals surface area contributed by atoms with Crippen LogP contribution in [0.3, 0.4) is 0 Å². The Labute approximate surface area is 326 Å². The Bertz CT molecular complexity index is 1430. The summed E-state index contributed by atoms with van der Waals surface area (Å²) in [6, 6.07) is 8.59. The van der Waals surface area contributed by atoms with Gasteiger partial charge in [0.1, 0.15) is 12.1 Å². The second kappa shape index (κ2) is 19.2. The van der Waals surface area contributed by atoms with Crippen LogP contribution < -0.4 is 0 Å². The highest BCUT2D eigenvalue weighted by atomic mass is 32.2. The maximum absolute atomic E-state index is 14.6. The second-order valence-corrected chi connectivity index (χ2v) is 19.7. The first-order valence-corrected chi connectivity index (χ1v) is 21.8. The van der Waals surface area contributed by atoms with E-state index in [9.17, 15) is 18.3 Å². The van der Waals surface area contributed by atoms with Gasteiger partial charge in [-0.2, -0.15) is 4.31 Å². The van der Waals surface area contributed by atoms with Gasteiger partial charge in [-0.1, -0.05) is 65.0 Å². The number of rotatable bonds is 10. The summed E-state index contributed by atoms with van der Waals surface area (Å²) >= 11 is 0. The minimum atomic E-state index is -3.52. The molecule has 310 valence electrons. The Morgan fingerprint density at radius 1 is 1.02 bits per heavy atom. The van der Waals surface area contributed by atoms with Gasteiger partial charge in [0, 0.05) is 45.9 Å². The molecule has 0 unspecified atom stereocenters. The lowest BCUT2D eigenvalue weighted by Crippen LogP contribution is -2.60. The number of carbonyl (C=O) groups excluding carboxylic acids is 1. The molecule has 3 fully saturated rings. The molecular formula is C41H72N4O8S. The van der Waals surface area contributed by atoms with E-state index < -0.39 is 46.3 Å². The topological polar surface area (TPSA) is 121 Å². The first-order chi connectivity index (χ1) is 25.3. The van der Waals surface area contributed by atoms with Crippen LogP contribution in [0.15, 0.2) is 30.3 Å². The normalized spacial score (nSPS) is 35.6. The quantitative estimate of drug-likeness (QED) is 0.365. The van der Waals surface area contributed by atoms with Crippen molar-refractivity contribution in [2.24, 2.45) is 17.3 Å². The summed E-state index contributed by atoms with van der Waals surface area (Å²) < 4.78 is 54.5. The van der Waals surface area contributed by atoms with Crippen molar-refractivity contribution >= 4 is 15.9 Å². The number of piperazine rings is 1. The maximum Gasteiger partial charge on any atom is 0.242 e. The molecule has 0 saturated carbocycles. The Morgan fingerprint density at radius 3 is 2.26 bits per heavy atom. The van der Waals surface area contributed by atoms with E-state index in [-0.39, 0.29) is 54.1 Å². The molecule has 3 heterocycles. The van der Waals surface area contributed by atoms with Crippen LogP contribution in [0.2, 0.25) is 0 Å². The zero-order valence-corrected chi connectivity index (χ0v) is 35.9. The smallest absolute Gasteiger partial charge is 0.242 e. The molecule has 1 aromatic rings. The number of carbonyl (C=O) groups is 1. The molecule has 1 amide bonds. The van der Waals surface area contributed by atoms with Crippen molar-refractivity contribution in [3.05, 3.63) is 35.9 Å². The lowest BCUT2D eigenvalue weighted by atomic mass is 9.75. The number of hydrogen-bond donors (Lipinski definition) is 1. The zero-order chi connectivity index (χ0) is 40.0. The van der Waals surface area contributed by atoms with Crippen molar-refractivity contribution in [2.45, 2.75) is 135 Å². The largest absolute Gasteiger partial charge is 0.386 e. The predicted molar refractivity (Wildman–Crippen MR) is 212 cm³/mol. The second-order valence-electron chi connectivity index (χ2n) is 17.7. The molecule has 3 saturated heterocycles. The third-order valence-corrected chi connectivity index (χ3v) is 13.6. The first kappa shape index (κ1) is 45.0. The first-order valence-electron chi connectivity index (χ1n) is 20.2. The predicted octanol–water partition coefficient (Wildman–Crippen LogP) is 4.45. The number of hydrogen-bond acceptors (Lipinski definition) is 10. The van der Waals surface area contributed by atoms with Crippen LogP contribution in [-0.2, 0) is 39.5 Å². The van der Waals surface area contributed by atoms with Crippen LogP contribution in [0.1, 0.15) is 86.6 Å². The van der Waals surface area contributed by atoms with Gasteiger partial charge < -0.3 is 33.9 Å². The number of amides is 1. The number of benzene rings is 1. The van der Waals surface area contributed by atoms with Crippen LogP contribution in [0.5, 0.6) is 0 Å². The van der Waals surface area contributed by atoms with E-state index in [0.717, 1.165) is 18.4 Å². The molecule has 0 aromatic heterocycles. The summed E-state index contributed by atoms with van der Waals surface area (Å²) in [5.74, 6) is 0.0401. The fraction of sp³-hybridized carbons (Fsp3) is 0.829. The minimum Gasteiger partial charge on any atom is -0.386 e. The number of sulfonamides is 1. The third kappa shape index (κ3) is 11.5. The number of aliphatic hydroxyl groups is 1. The van der Waals surface area contributed by atoms with Gasteiger partial charge >= 0.3 is 0 Å². The molecule has 10 atom stereocenters. The number of ether oxygens (including phenoxy) is 4. The van der Waals surface area contributed by atoms with Crippen molar-refractivity contribution in [3.63, 3.8) is 0 Å². The van der Waals surface area contributed by atoms with E-state index in [0.29, 0.717) is 45.6 Å². The van der Waals surface area contributed by atoms with E-state index in [4.69, 9.17) is 18.9 Å². The molecule has 54 heavy (non-hydrogen) atoms. The Hall–Kier alpha value is -1.68. The van der Waals surface area contributed by atoms with E-state index in [1.54, 1.807) is 7.11 Å². The van der Waals surface area contributed by atoms with Crippen molar-refractivity contribution < 1.29 is 37.3 Å². The fourth-order valence-electron chi connectivity index (χ4n) is 9.17. The number of aliphatic hydroxyl groups excluding tert-OH is 1. The monoisotopic (exact) mass is 781 g/mol. The molecule has 3 aliphatic rings. The summed E-state index contributed by atoms with van der Waals surface area (Å²) in [5.41, 5.74) is -0.259. The molecule has 4 rings (SSSR count). The van der Waals surface area contributed by atoms with Crippen molar-refractivity contribution in [1.82, 2.24) is 19.0 Å². The zero-order valence-electron chi connectivity index (χ0n) is 35.1. The van der Waals surface area contributed by atoms with Gasteiger partial charge in [0.25, 0.3) is 0 Å². The van der Waals surface area contributed by atoms with E-state index in [2.05, 4.69) is 46.4 Å². The maximum atomic E-state index is 14.6. The van der Waals surface area contributed by atoms with Gasteiger partial charge in [0.15, 0.2) is 6.29 Å². The lowest BCUT2D eigenvalue weighted by Gasteiger charge is -2.47. The highest BCUT2D eigenvalue weighted by molar-refractivity contribution is 7.88. The Morgan fingerprint density at radius 2 is 1.67 bits per heavy atom. The molecule has 12 nitrogen and oxygen atoms in total. The SMILES string of the molecule is CCCN1C[C@H](C)C[C@@](C)(OC)[C@H](O[C@@H]2O[C@H](C)C[C@H](N(C)C)[C@H]2O)[C@H](C)CC(C)(C)CO[C@@H](C)[C@@H]1C(=O)N1CCN(S(=O)(=O)Cc2ccccc2)CC1. The molecule has 0 spiro atoms. The average molecular weight is 781 g/mol. The van der Waals surface area contributed by atoms with Gasteiger partial charge in [0.05, 0.1) is 36.3 Å². The van der Waals surface area contributed by atoms with Gasteiger partial charge in [-0.15, -0.1) is 0 Å². The average Bonchev–Trinajstić information content (AvgIpc) is 3.10. The summed E-state index contributed by atoms with van der Waals surface area (Å²) in [6.07, 6.45) is 0.477. The minimum absolute atomic E-state index is 0.0151. The van der Waals surface area contributed by atoms with Gasteiger partial charge in [-0.3, -0.25) is 9.69 Å². The van der Waals surface area contributed by atoms with Gasteiger partial charge in [-0.25, -0.2) is 8.42 Å². The third-order valence-electron chi connectivity index (χ3n) is 11.8. The van der Waals surface area contributed by atoms with Crippen LogP contribution in [0.4, 0.5) is 0 Å².